The van der Waals surface area contributed by atoms with Gasteiger partial charge in [0.25, 0.3) is 0 Å². The fourth-order valence-electron chi connectivity index (χ4n) is 2.08. The number of hydrogen-bond acceptors (Lipinski definition) is 2. The summed E-state index contributed by atoms with van der Waals surface area (Å²) in [5, 5.41) is 10.4. The summed E-state index contributed by atoms with van der Waals surface area (Å²) in [4.78, 5) is 4.19. The molecule has 0 bridgehead atoms. The Morgan fingerprint density at radius 3 is 2.89 bits per heavy atom. The highest BCUT2D eigenvalue weighted by Gasteiger charge is 2.17. The second-order valence-electron chi connectivity index (χ2n) is 4.38. The quantitative estimate of drug-likeness (QED) is 0.903. The third-order valence-corrected chi connectivity index (χ3v) is 2.98. The van der Waals surface area contributed by atoms with Crippen LogP contribution in [0.5, 0.6) is 0 Å². The van der Waals surface area contributed by atoms with Crippen LogP contribution in [0.3, 0.4) is 0 Å². The topological polar surface area (TPSA) is 38.0 Å². The molecule has 0 radical (unpaired) electrons. The second-order valence-corrected chi connectivity index (χ2v) is 4.38. The average molecular weight is 248 g/mol. The number of aryl methyl sites for hydroxylation is 2. The van der Waals surface area contributed by atoms with Crippen LogP contribution >= 0.6 is 0 Å². The van der Waals surface area contributed by atoms with Crippen LogP contribution in [0.25, 0.3) is 0 Å². The summed E-state index contributed by atoms with van der Waals surface area (Å²) in [6.07, 6.45) is 3.68. The first-order valence-corrected chi connectivity index (χ1v) is 6.08. The summed E-state index contributed by atoms with van der Waals surface area (Å²) in [6.45, 7) is 4.67. The van der Waals surface area contributed by atoms with E-state index in [0.717, 1.165) is 18.5 Å². The van der Waals surface area contributed by atoms with E-state index in [-0.39, 0.29) is 5.82 Å². The van der Waals surface area contributed by atoms with Gasteiger partial charge in [-0.15, -0.1) is 0 Å². The molecule has 1 unspecified atom stereocenters. The third kappa shape index (κ3) is 2.43. The lowest BCUT2D eigenvalue weighted by molar-refractivity contribution is 0.203. The van der Waals surface area contributed by atoms with E-state index >= 15 is 0 Å². The molecule has 2 rings (SSSR count). The molecule has 96 valence electrons. The number of benzene rings is 1. The number of halogens is 1. The van der Waals surface area contributed by atoms with E-state index in [1.54, 1.807) is 19.2 Å². The minimum absolute atomic E-state index is 0.291. The summed E-state index contributed by atoms with van der Waals surface area (Å²) < 4.78 is 15.0. The first-order chi connectivity index (χ1) is 8.63. The standard InChI is InChI=1S/C14H17FN2O/c1-3-7-17-8-6-16-14(17)13(18)12-5-4-11(15)9-10(12)2/h4-6,8-9,13,18H,3,7H2,1-2H3. The number of nitrogens with zero attached hydrogens (tertiary/aromatic N) is 2. The predicted octanol–water partition coefficient (Wildman–Crippen LogP) is 2.82. The summed E-state index contributed by atoms with van der Waals surface area (Å²) in [7, 11) is 0. The Labute approximate surface area is 106 Å². The van der Waals surface area contributed by atoms with Gasteiger partial charge in [0.05, 0.1) is 0 Å². The van der Waals surface area contributed by atoms with E-state index in [9.17, 15) is 9.50 Å². The van der Waals surface area contributed by atoms with Gasteiger partial charge in [-0.2, -0.15) is 0 Å². The predicted molar refractivity (Wildman–Crippen MR) is 67.7 cm³/mol. The molecule has 18 heavy (non-hydrogen) atoms. The zero-order chi connectivity index (χ0) is 13.1. The maximum atomic E-state index is 13.1. The van der Waals surface area contributed by atoms with Gasteiger partial charge in [0.15, 0.2) is 0 Å². The number of imidazole rings is 1. The molecular formula is C14H17FN2O. The lowest BCUT2D eigenvalue weighted by Crippen LogP contribution is -2.11. The smallest absolute Gasteiger partial charge is 0.142 e. The van der Waals surface area contributed by atoms with Gasteiger partial charge in [-0.25, -0.2) is 9.37 Å². The van der Waals surface area contributed by atoms with Crippen molar-refractivity contribution in [2.24, 2.45) is 0 Å². The molecule has 0 aliphatic rings. The van der Waals surface area contributed by atoms with Crippen LogP contribution in [0.2, 0.25) is 0 Å². The Kier molecular flexibility index (Phi) is 3.77. The largest absolute Gasteiger partial charge is 0.380 e. The first kappa shape index (κ1) is 12.8. The monoisotopic (exact) mass is 248 g/mol. The van der Waals surface area contributed by atoms with Crippen molar-refractivity contribution in [3.63, 3.8) is 0 Å². The van der Waals surface area contributed by atoms with Crippen LogP contribution in [0.15, 0.2) is 30.6 Å². The van der Waals surface area contributed by atoms with E-state index in [1.165, 1.54) is 12.1 Å². The molecule has 1 heterocycles. The Hall–Kier alpha value is -1.68. The van der Waals surface area contributed by atoms with Crippen molar-refractivity contribution < 1.29 is 9.50 Å². The molecule has 1 atom stereocenters. The van der Waals surface area contributed by atoms with Gasteiger partial charge in [0, 0.05) is 18.9 Å². The molecular weight excluding hydrogens is 231 g/mol. The molecule has 0 saturated heterocycles. The number of aliphatic hydroxyl groups excluding tert-OH is 1. The van der Waals surface area contributed by atoms with E-state index in [2.05, 4.69) is 11.9 Å². The van der Waals surface area contributed by atoms with Gasteiger partial charge in [-0.05, 0) is 36.6 Å². The second kappa shape index (κ2) is 5.31. The molecule has 1 aromatic heterocycles. The van der Waals surface area contributed by atoms with Crippen LogP contribution in [0.1, 0.15) is 36.4 Å². The maximum absolute atomic E-state index is 13.1. The molecule has 3 nitrogen and oxygen atoms in total. The first-order valence-electron chi connectivity index (χ1n) is 6.08. The molecule has 0 saturated carbocycles. The maximum Gasteiger partial charge on any atom is 0.142 e. The van der Waals surface area contributed by atoms with Crippen molar-refractivity contribution in [1.29, 1.82) is 0 Å². The van der Waals surface area contributed by atoms with Gasteiger partial charge >= 0.3 is 0 Å². The van der Waals surface area contributed by atoms with Gasteiger partial charge in [0.1, 0.15) is 17.7 Å². The molecule has 0 amide bonds. The van der Waals surface area contributed by atoms with Crippen molar-refractivity contribution in [3.05, 3.63) is 53.4 Å². The zero-order valence-corrected chi connectivity index (χ0v) is 10.6. The number of rotatable bonds is 4. The number of aliphatic hydroxyl groups is 1. The van der Waals surface area contributed by atoms with Crippen LogP contribution in [0, 0.1) is 12.7 Å². The van der Waals surface area contributed by atoms with Crippen molar-refractivity contribution in [1.82, 2.24) is 9.55 Å². The van der Waals surface area contributed by atoms with Gasteiger partial charge in [-0.1, -0.05) is 13.0 Å². The van der Waals surface area contributed by atoms with Gasteiger partial charge in [0.2, 0.25) is 0 Å². The average Bonchev–Trinajstić information content (AvgIpc) is 2.77. The van der Waals surface area contributed by atoms with Crippen LogP contribution < -0.4 is 0 Å². The van der Waals surface area contributed by atoms with Crippen molar-refractivity contribution in [3.8, 4) is 0 Å². The van der Waals surface area contributed by atoms with Crippen molar-refractivity contribution >= 4 is 0 Å². The summed E-state index contributed by atoms with van der Waals surface area (Å²) >= 11 is 0. The fraction of sp³-hybridized carbons (Fsp3) is 0.357. The van der Waals surface area contributed by atoms with Crippen LogP contribution in [-0.4, -0.2) is 14.7 Å². The zero-order valence-electron chi connectivity index (χ0n) is 10.6. The molecule has 1 N–H and O–H groups in total. The Morgan fingerprint density at radius 1 is 1.44 bits per heavy atom. The van der Waals surface area contributed by atoms with E-state index in [1.807, 2.05) is 10.8 Å². The van der Waals surface area contributed by atoms with Gasteiger partial charge in [-0.3, -0.25) is 0 Å². The lowest BCUT2D eigenvalue weighted by Gasteiger charge is -2.15. The van der Waals surface area contributed by atoms with Crippen LogP contribution in [-0.2, 0) is 6.54 Å². The molecule has 0 fully saturated rings. The Morgan fingerprint density at radius 2 is 2.22 bits per heavy atom. The summed E-state index contributed by atoms with van der Waals surface area (Å²) in [5.41, 5.74) is 1.42. The molecule has 0 spiro atoms. The number of hydrogen-bond donors (Lipinski definition) is 1. The van der Waals surface area contributed by atoms with E-state index < -0.39 is 6.10 Å². The fourth-order valence-corrected chi connectivity index (χ4v) is 2.08. The molecule has 1 aromatic carbocycles. The summed E-state index contributed by atoms with van der Waals surface area (Å²) in [6, 6.07) is 4.39. The van der Waals surface area contributed by atoms with Crippen molar-refractivity contribution in [2.45, 2.75) is 32.9 Å². The van der Waals surface area contributed by atoms with Gasteiger partial charge < -0.3 is 9.67 Å². The SMILES string of the molecule is CCCn1ccnc1C(O)c1ccc(F)cc1C. The minimum atomic E-state index is -0.813. The lowest BCUT2D eigenvalue weighted by atomic mass is 10.0. The van der Waals surface area contributed by atoms with E-state index in [4.69, 9.17) is 0 Å². The highest BCUT2D eigenvalue weighted by Crippen LogP contribution is 2.24. The third-order valence-electron chi connectivity index (χ3n) is 2.98. The molecule has 2 aromatic rings. The normalized spacial score (nSPS) is 12.7. The number of aromatic nitrogens is 2. The Balaban J connectivity index is 2.35. The van der Waals surface area contributed by atoms with Crippen LogP contribution in [0.4, 0.5) is 4.39 Å². The highest BCUT2D eigenvalue weighted by atomic mass is 19.1. The Bertz CT molecular complexity index is 536. The molecule has 0 aliphatic heterocycles. The summed E-state index contributed by atoms with van der Waals surface area (Å²) in [5.74, 6) is 0.312. The molecule has 0 aliphatic carbocycles. The van der Waals surface area contributed by atoms with Crippen molar-refractivity contribution in [2.75, 3.05) is 0 Å². The minimum Gasteiger partial charge on any atom is -0.380 e. The molecule has 4 heteroatoms. The van der Waals surface area contributed by atoms with E-state index in [0.29, 0.717) is 11.4 Å². The highest BCUT2D eigenvalue weighted by molar-refractivity contribution is 5.31.